The van der Waals surface area contributed by atoms with E-state index in [1.807, 2.05) is 24.4 Å². The van der Waals surface area contributed by atoms with Crippen molar-refractivity contribution in [1.82, 2.24) is 20.2 Å². The Bertz CT molecular complexity index is 882. The van der Waals surface area contributed by atoms with Crippen LogP contribution in [0.1, 0.15) is 31.4 Å². The van der Waals surface area contributed by atoms with Gasteiger partial charge in [0.05, 0.1) is 10.2 Å². The Labute approximate surface area is 151 Å². The highest BCUT2D eigenvalue weighted by molar-refractivity contribution is 7.99. The third-order valence-corrected chi connectivity index (χ3v) is 6.28. The number of aryl methyl sites for hydroxylation is 1. The Kier molecular flexibility index (Phi) is 4.36. The molecule has 0 spiro atoms. The Hall–Kier alpha value is -1.74. The molecular formula is C16H17F2N5S2. The van der Waals surface area contributed by atoms with E-state index in [1.165, 1.54) is 11.8 Å². The second-order valence-electron chi connectivity index (χ2n) is 6.22. The van der Waals surface area contributed by atoms with Gasteiger partial charge < -0.3 is 5.32 Å². The third kappa shape index (κ3) is 3.77. The summed E-state index contributed by atoms with van der Waals surface area (Å²) < 4.78 is 27.6. The summed E-state index contributed by atoms with van der Waals surface area (Å²) in [6, 6.07) is 3.85. The molecule has 0 amide bonds. The number of nitrogens with zero attached hydrogens (tertiary/aromatic N) is 3. The summed E-state index contributed by atoms with van der Waals surface area (Å²) in [4.78, 5) is 9.20. The van der Waals surface area contributed by atoms with Gasteiger partial charge in [-0.3, -0.25) is 5.10 Å². The fourth-order valence-electron chi connectivity index (χ4n) is 2.86. The van der Waals surface area contributed by atoms with Gasteiger partial charge in [-0.05, 0) is 31.2 Å². The van der Waals surface area contributed by atoms with E-state index >= 15 is 0 Å². The maximum atomic E-state index is 13.3. The fourth-order valence-corrected chi connectivity index (χ4v) is 4.70. The molecule has 0 saturated heterocycles. The Morgan fingerprint density at radius 3 is 2.84 bits per heavy atom. The van der Waals surface area contributed by atoms with Crippen LogP contribution in [0.15, 0.2) is 22.7 Å². The minimum absolute atomic E-state index is 0.0526. The van der Waals surface area contributed by atoms with Gasteiger partial charge in [-0.1, -0.05) is 11.8 Å². The lowest BCUT2D eigenvalue weighted by Crippen LogP contribution is -2.25. The summed E-state index contributed by atoms with van der Waals surface area (Å²) >= 11 is 3.05. The molecular weight excluding hydrogens is 364 g/mol. The van der Waals surface area contributed by atoms with Gasteiger partial charge in [0.1, 0.15) is 0 Å². The lowest BCUT2D eigenvalue weighted by molar-refractivity contribution is -0.0324. The first-order valence-electron chi connectivity index (χ1n) is 8.07. The molecule has 0 atom stereocenters. The predicted molar refractivity (Wildman–Crippen MR) is 97.1 cm³/mol. The number of anilines is 2. The molecule has 1 aliphatic rings. The van der Waals surface area contributed by atoms with Crippen LogP contribution in [0.25, 0.3) is 10.2 Å². The standard InChI is InChI=1S/C16H17F2N5S2/c1-9-8-12(23-22-9)20-14-13-11(4-7-24-13)19-15(21-14)25-10-2-5-16(17,18)6-3-10/h4,7-8,10H,2-3,5-6H2,1H3,(H2,19,20,21,22,23). The number of fused-ring (bicyclic) bond motifs is 1. The Balaban J connectivity index is 1.57. The van der Waals surface area contributed by atoms with Gasteiger partial charge >= 0.3 is 0 Å². The van der Waals surface area contributed by atoms with Crippen LogP contribution >= 0.6 is 23.1 Å². The van der Waals surface area contributed by atoms with E-state index in [-0.39, 0.29) is 18.1 Å². The van der Waals surface area contributed by atoms with Gasteiger partial charge in [0.25, 0.3) is 0 Å². The number of aromatic amines is 1. The van der Waals surface area contributed by atoms with Gasteiger partial charge in [-0.25, -0.2) is 18.7 Å². The van der Waals surface area contributed by atoms with Crippen LogP contribution in [-0.4, -0.2) is 31.3 Å². The highest BCUT2D eigenvalue weighted by atomic mass is 32.2. The predicted octanol–water partition coefficient (Wildman–Crippen LogP) is 5.14. The molecule has 3 aromatic rings. The zero-order chi connectivity index (χ0) is 17.4. The van der Waals surface area contributed by atoms with E-state index in [0.29, 0.717) is 29.6 Å². The summed E-state index contributed by atoms with van der Waals surface area (Å²) in [6.07, 6.45) is 0.875. The molecule has 132 valence electrons. The highest BCUT2D eigenvalue weighted by Gasteiger charge is 2.35. The lowest BCUT2D eigenvalue weighted by Gasteiger charge is -2.27. The summed E-state index contributed by atoms with van der Waals surface area (Å²) in [5, 5.41) is 13.0. The second kappa shape index (κ2) is 6.53. The normalized spacial score (nSPS) is 17.9. The van der Waals surface area contributed by atoms with Crippen LogP contribution in [0.2, 0.25) is 0 Å². The number of nitrogens with one attached hydrogen (secondary N) is 2. The van der Waals surface area contributed by atoms with Crippen LogP contribution in [0.4, 0.5) is 20.4 Å². The number of halogens is 2. The van der Waals surface area contributed by atoms with E-state index < -0.39 is 5.92 Å². The molecule has 0 bridgehead atoms. The van der Waals surface area contributed by atoms with Crippen LogP contribution < -0.4 is 5.32 Å². The molecule has 9 heteroatoms. The van der Waals surface area contributed by atoms with E-state index in [4.69, 9.17) is 0 Å². The topological polar surface area (TPSA) is 66.5 Å². The van der Waals surface area contributed by atoms with Gasteiger partial charge in [0.15, 0.2) is 16.8 Å². The molecule has 3 aromatic heterocycles. The largest absolute Gasteiger partial charge is 0.322 e. The summed E-state index contributed by atoms with van der Waals surface area (Å²) in [5.74, 6) is -1.12. The molecule has 1 aliphatic carbocycles. The smallest absolute Gasteiger partial charge is 0.248 e. The maximum Gasteiger partial charge on any atom is 0.248 e. The molecule has 25 heavy (non-hydrogen) atoms. The van der Waals surface area contributed by atoms with Gasteiger partial charge in [0, 0.05) is 29.9 Å². The summed E-state index contributed by atoms with van der Waals surface area (Å²) in [6.45, 7) is 1.93. The first-order valence-corrected chi connectivity index (χ1v) is 9.83. The average Bonchev–Trinajstić information content (AvgIpc) is 3.18. The first kappa shape index (κ1) is 16.7. The maximum absolute atomic E-state index is 13.3. The number of rotatable bonds is 4. The van der Waals surface area contributed by atoms with Crippen molar-refractivity contribution < 1.29 is 8.78 Å². The van der Waals surface area contributed by atoms with Crippen LogP contribution in [-0.2, 0) is 0 Å². The van der Waals surface area contributed by atoms with Crippen molar-refractivity contribution in [2.24, 2.45) is 0 Å². The number of H-pyrrole nitrogens is 1. The molecule has 2 N–H and O–H groups in total. The molecule has 0 aromatic carbocycles. The molecule has 1 saturated carbocycles. The summed E-state index contributed by atoms with van der Waals surface area (Å²) in [5.41, 5.74) is 1.81. The van der Waals surface area contributed by atoms with E-state index in [2.05, 4.69) is 25.5 Å². The van der Waals surface area contributed by atoms with Gasteiger partial charge in [0.2, 0.25) is 5.92 Å². The van der Waals surface area contributed by atoms with Gasteiger partial charge in [-0.15, -0.1) is 11.3 Å². The van der Waals surface area contributed by atoms with E-state index in [9.17, 15) is 8.78 Å². The number of aromatic nitrogens is 4. The second-order valence-corrected chi connectivity index (χ2v) is 8.41. The first-order chi connectivity index (χ1) is 12.0. The van der Waals surface area contributed by atoms with Crippen molar-refractivity contribution in [3.05, 3.63) is 23.2 Å². The third-order valence-electron chi connectivity index (χ3n) is 4.17. The Morgan fingerprint density at radius 2 is 2.12 bits per heavy atom. The van der Waals surface area contributed by atoms with Crippen molar-refractivity contribution >= 4 is 45.0 Å². The zero-order valence-corrected chi connectivity index (χ0v) is 15.2. The number of alkyl halides is 2. The van der Waals surface area contributed by atoms with E-state index in [1.54, 1.807) is 11.3 Å². The van der Waals surface area contributed by atoms with E-state index in [0.717, 1.165) is 15.9 Å². The van der Waals surface area contributed by atoms with Crippen LogP contribution in [0, 0.1) is 6.92 Å². The van der Waals surface area contributed by atoms with Crippen molar-refractivity contribution in [2.45, 2.75) is 48.9 Å². The van der Waals surface area contributed by atoms with Crippen molar-refractivity contribution in [2.75, 3.05) is 5.32 Å². The summed E-state index contributed by atoms with van der Waals surface area (Å²) in [7, 11) is 0. The van der Waals surface area contributed by atoms with Crippen molar-refractivity contribution in [1.29, 1.82) is 0 Å². The molecule has 0 aliphatic heterocycles. The Morgan fingerprint density at radius 1 is 1.32 bits per heavy atom. The molecule has 3 heterocycles. The SMILES string of the molecule is Cc1cc(Nc2nc(SC3CCC(F)(F)CC3)nc3ccsc23)n[nH]1. The molecule has 0 radical (unpaired) electrons. The van der Waals surface area contributed by atoms with Gasteiger partial charge in [-0.2, -0.15) is 5.10 Å². The van der Waals surface area contributed by atoms with Crippen LogP contribution in [0.3, 0.4) is 0 Å². The lowest BCUT2D eigenvalue weighted by atomic mass is 9.96. The molecule has 4 rings (SSSR count). The number of thiophene rings is 1. The van der Waals surface area contributed by atoms with Crippen LogP contribution in [0.5, 0.6) is 0 Å². The minimum atomic E-state index is -2.51. The molecule has 1 fully saturated rings. The number of hydrogen-bond donors (Lipinski definition) is 2. The number of hydrogen-bond acceptors (Lipinski definition) is 6. The minimum Gasteiger partial charge on any atom is -0.322 e. The number of thioether (sulfide) groups is 1. The van der Waals surface area contributed by atoms with Crippen molar-refractivity contribution in [3.63, 3.8) is 0 Å². The van der Waals surface area contributed by atoms with Crippen molar-refractivity contribution in [3.8, 4) is 0 Å². The zero-order valence-electron chi connectivity index (χ0n) is 13.6. The monoisotopic (exact) mass is 381 g/mol. The quantitative estimate of drug-likeness (QED) is 0.613. The highest BCUT2D eigenvalue weighted by Crippen LogP contribution is 2.40. The fraction of sp³-hybridized carbons (Fsp3) is 0.438. The molecule has 5 nitrogen and oxygen atoms in total. The average molecular weight is 381 g/mol. The molecule has 0 unspecified atom stereocenters.